The van der Waals surface area contributed by atoms with Gasteiger partial charge in [0.1, 0.15) is 0 Å². The van der Waals surface area contributed by atoms with Gasteiger partial charge >= 0.3 is 0 Å². The van der Waals surface area contributed by atoms with E-state index >= 15 is 0 Å². The molecule has 4 nitrogen and oxygen atoms in total. The fraction of sp³-hybridized carbons (Fsp3) is 0.500. The van der Waals surface area contributed by atoms with Crippen LogP contribution in [0, 0.1) is 0 Å². The molecule has 0 radical (unpaired) electrons. The highest BCUT2D eigenvalue weighted by Crippen LogP contribution is 2.26. The molecule has 0 amide bonds. The summed E-state index contributed by atoms with van der Waals surface area (Å²) >= 11 is 12.1. The van der Waals surface area contributed by atoms with Crippen LogP contribution in [0.15, 0.2) is 18.2 Å². The molecular formula is C12H18Cl2N2O2S. The van der Waals surface area contributed by atoms with E-state index in [9.17, 15) is 8.42 Å². The third-order valence-electron chi connectivity index (χ3n) is 2.55. The molecule has 0 saturated heterocycles. The molecule has 0 fully saturated rings. The number of benzene rings is 1. The van der Waals surface area contributed by atoms with Gasteiger partial charge in [-0.3, -0.25) is 0 Å². The molecule has 7 heteroatoms. The van der Waals surface area contributed by atoms with E-state index in [-0.39, 0.29) is 0 Å². The van der Waals surface area contributed by atoms with Crippen LogP contribution < -0.4 is 4.72 Å². The lowest BCUT2D eigenvalue weighted by Gasteiger charge is -2.17. The molecule has 0 unspecified atom stereocenters. The summed E-state index contributed by atoms with van der Waals surface area (Å²) in [4.78, 5) is 2.07. The number of hydrogen-bond acceptors (Lipinski definition) is 3. The van der Waals surface area contributed by atoms with Crippen molar-refractivity contribution in [3.8, 4) is 0 Å². The van der Waals surface area contributed by atoms with Gasteiger partial charge in [0.25, 0.3) is 0 Å². The molecule has 0 aliphatic heterocycles. The molecule has 0 aromatic heterocycles. The summed E-state index contributed by atoms with van der Waals surface area (Å²) in [6, 6.07) is 5.55. The Morgan fingerprint density at radius 1 is 1.32 bits per heavy atom. The van der Waals surface area contributed by atoms with E-state index < -0.39 is 10.0 Å². The lowest BCUT2D eigenvalue weighted by atomic mass is 10.2. The molecule has 1 aromatic carbocycles. The van der Waals surface area contributed by atoms with Gasteiger partial charge < -0.3 is 4.90 Å². The molecule has 0 spiro atoms. The monoisotopic (exact) mass is 324 g/mol. The third kappa shape index (κ3) is 6.58. The first kappa shape index (κ1) is 16.7. The van der Waals surface area contributed by atoms with E-state index in [1.807, 2.05) is 19.2 Å². The minimum Gasteiger partial charge on any atom is -0.302 e. The van der Waals surface area contributed by atoms with Crippen molar-refractivity contribution in [1.29, 1.82) is 0 Å². The van der Waals surface area contributed by atoms with Crippen LogP contribution in [-0.4, -0.2) is 39.7 Å². The van der Waals surface area contributed by atoms with Crippen LogP contribution in [0.4, 0.5) is 0 Å². The van der Waals surface area contributed by atoms with Gasteiger partial charge in [0.15, 0.2) is 0 Å². The van der Waals surface area contributed by atoms with Gasteiger partial charge in [0.2, 0.25) is 10.0 Å². The zero-order chi connectivity index (χ0) is 14.5. The Hall–Kier alpha value is -0.330. The highest BCUT2D eigenvalue weighted by molar-refractivity contribution is 7.88. The van der Waals surface area contributed by atoms with E-state index in [1.54, 1.807) is 6.07 Å². The van der Waals surface area contributed by atoms with Gasteiger partial charge in [-0.15, -0.1) is 0 Å². The second-order valence-corrected chi connectivity index (χ2v) is 7.09. The smallest absolute Gasteiger partial charge is 0.208 e. The van der Waals surface area contributed by atoms with Crippen LogP contribution in [0.5, 0.6) is 0 Å². The topological polar surface area (TPSA) is 49.4 Å². The first-order valence-corrected chi connectivity index (χ1v) is 8.50. The summed E-state index contributed by atoms with van der Waals surface area (Å²) in [5.41, 5.74) is 0.965. The van der Waals surface area contributed by atoms with Gasteiger partial charge in [-0.1, -0.05) is 35.3 Å². The Labute approximate surface area is 124 Å². The molecule has 108 valence electrons. The summed E-state index contributed by atoms with van der Waals surface area (Å²) in [5, 5.41) is 1.12. The summed E-state index contributed by atoms with van der Waals surface area (Å²) in [6.45, 7) is 1.89. The van der Waals surface area contributed by atoms with Crippen LogP contribution in [0.1, 0.15) is 12.0 Å². The summed E-state index contributed by atoms with van der Waals surface area (Å²) in [5.74, 6) is 0. The van der Waals surface area contributed by atoms with Gasteiger partial charge in [-0.25, -0.2) is 13.1 Å². The average molecular weight is 325 g/mol. The number of sulfonamides is 1. The number of hydrogen-bond donors (Lipinski definition) is 1. The highest BCUT2D eigenvalue weighted by atomic mass is 35.5. The van der Waals surface area contributed by atoms with Gasteiger partial charge in [0, 0.05) is 13.1 Å². The largest absolute Gasteiger partial charge is 0.302 e. The lowest BCUT2D eigenvalue weighted by Crippen LogP contribution is -2.27. The average Bonchev–Trinajstić information content (AvgIpc) is 2.29. The molecule has 1 aromatic rings. The zero-order valence-electron chi connectivity index (χ0n) is 11.0. The number of halogens is 2. The van der Waals surface area contributed by atoms with Crippen molar-refractivity contribution < 1.29 is 8.42 Å². The Morgan fingerprint density at radius 3 is 2.63 bits per heavy atom. The van der Waals surface area contributed by atoms with Crippen LogP contribution in [-0.2, 0) is 16.6 Å². The van der Waals surface area contributed by atoms with Crippen LogP contribution in [0.25, 0.3) is 0 Å². The van der Waals surface area contributed by atoms with Crippen LogP contribution in [0.3, 0.4) is 0 Å². The van der Waals surface area contributed by atoms with Crippen molar-refractivity contribution in [3.05, 3.63) is 33.8 Å². The molecule has 0 atom stereocenters. The van der Waals surface area contributed by atoms with E-state index in [0.29, 0.717) is 23.1 Å². The molecule has 0 heterocycles. The first-order chi connectivity index (χ1) is 8.79. The summed E-state index contributed by atoms with van der Waals surface area (Å²) < 4.78 is 24.2. The summed E-state index contributed by atoms with van der Waals surface area (Å²) in [7, 11) is -1.14. The van der Waals surface area contributed by atoms with Crippen LogP contribution in [0.2, 0.25) is 10.0 Å². The van der Waals surface area contributed by atoms with E-state index in [1.165, 1.54) is 0 Å². The molecular weight excluding hydrogens is 307 g/mol. The molecule has 1 rings (SSSR count). The maximum atomic E-state index is 10.9. The lowest BCUT2D eigenvalue weighted by molar-refractivity contribution is 0.322. The van der Waals surface area contributed by atoms with Gasteiger partial charge in [-0.2, -0.15) is 0 Å². The Kier molecular flexibility index (Phi) is 6.56. The zero-order valence-corrected chi connectivity index (χ0v) is 13.3. The minimum atomic E-state index is -3.10. The van der Waals surface area contributed by atoms with Gasteiger partial charge in [-0.05, 0) is 31.6 Å². The van der Waals surface area contributed by atoms with Crippen molar-refractivity contribution >= 4 is 33.2 Å². The number of rotatable bonds is 7. The van der Waals surface area contributed by atoms with Crippen molar-refractivity contribution in [3.63, 3.8) is 0 Å². The highest BCUT2D eigenvalue weighted by Gasteiger charge is 2.07. The maximum Gasteiger partial charge on any atom is 0.208 e. The van der Waals surface area contributed by atoms with Gasteiger partial charge in [0.05, 0.1) is 16.3 Å². The van der Waals surface area contributed by atoms with E-state index in [4.69, 9.17) is 23.2 Å². The van der Waals surface area contributed by atoms with Crippen molar-refractivity contribution in [2.45, 2.75) is 13.0 Å². The molecule has 0 aliphatic rings. The molecule has 0 bridgehead atoms. The van der Waals surface area contributed by atoms with E-state index in [0.717, 1.165) is 24.8 Å². The predicted molar refractivity (Wildman–Crippen MR) is 80.3 cm³/mol. The Morgan fingerprint density at radius 2 is 2.00 bits per heavy atom. The fourth-order valence-electron chi connectivity index (χ4n) is 1.65. The quantitative estimate of drug-likeness (QED) is 0.783. The number of nitrogens with zero attached hydrogens (tertiary/aromatic N) is 1. The summed E-state index contributed by atoms with van der Waals surface area (Å²) in [6.07, 6.45) is 1.89. The molecule has 1 N–H and O–H groups in total. The minimum absolute atomic E-state index is 0.437. The normalized spacial score (nSPS) is 12.1. The second kappa shape index (κ2) is 7.45. The van der Waals surface area contributed by atoms with E-state index in [2.05, 4.69) is 9.62 Å². The molecule has 0 saturated carbocycles. The molecule has 19 heavy (non-hydrogen) atoms. The number of nitrogens with one attached hydrogen (secondary N) is 1. The Balaban J connectivity index is 2.39. The van der Waals surface area contributed by atoms with Crippen molar-refractivity contribution in [2.24, 2.45) is 0 Å². The SMILES string of the molecule is CN(CCCNS(C)(=O)=O)Cc1cccc(Cl)c1Cl. The van der Waals surface area contributed by atoms with Crippen molar-refractivity contribution in [1.82, 2.24) is 9.62 Å². The Bertz CT molecular complexity index is 520. The second-order valence-electron chi connectivity index (χ2n) is 4.47. The first-order valence-electron chi connectivity index (χ1n) is 5.85. The standard InChI is InChI=1S/C12H18Cl2N2O2S/c1-16(8-4-7-15-19(2,17)18)9-10-5-3-6-11(13)12(10)14/h3,5-6,15H,4,7-9H2,1-2H3. The van der Waals surface area contributed by atoms with Crippen LogP contribution >= 0.6 is 23.2 Å². The van der Waals surface area contributed by atoms with Crippen molar-refractivity contribution in [2.75, 3.05) is 26.4 Å². The molecule has 0 aliphatic carbocycles. The third-order valence-corrected chi connectivity index (χ3v) is 4.14. The fourth-order valence-corrected chi connectivity index (χ4v) is 2.54. The maximum absolute atomic E-state index is 10.9. The predicted octanol–water partition coefficient (Wildman–Crippen LogP) is 2.36.